The number of aromatic nitrogens is 1. The molecule has 5 nitrogen and oxygen atoms in total. The normalized spacial score (nSPS) is 10.8. The van der Waals surface area contributed by atoms with Crippen molar-refractivity contribution in [1.29, 1.82) is 0 Å². The Morgan fingerprint density at radius 1 is 1.07 bits per heavy atom. The number of rotatable bonds is 6. The number of carbonyl (C=O) groups excluding carboxylic acids is 1. The van der Waals surface area contributed by atoms with Crippen molar-refractivity contribution < 1.29 is 14.6 Å². The number of nitrogens with zero attached hydrogens (tertiary/aromatic N) is 1. The first-order valence-electron chi connectivity index (χ1n) is 9.23. The third kappa shape index (κ3) is 4.38. The summed E-state index contributed by atoms with van der Waals surface area (Å²) in [4.78, 5) is 17.2. The zero-order chi connectivity index (χ0) is 20.2. The highest BCUT2D eigenvalue weighted by Gasteiger charge is 2.11. The summed E-state index contributed by atoms with van der Waals surface area (Å²) >= 11 is 1.56. The molecule has 0 bridgehead atoms. The van der Waals surface area contributed by atoms with Gasteiger partial charge in [0.1, 0.15) is 16.5 Å². The monoisotopic (exact) mass is 404 g/mol. The second kappa shape index (κ2) is 8.32. The van der Waals surface area contributed by atoms with Gasteiger partial charge in [0.05, 0.1) is 17.3 Å². The molecule has 4 rings (SSSR count). The first kappa shape index (κ1) is 19.0. The second-order valence-electron chi connectivity index (χ2n) is 6.60. The summed E-state index contributed by atoms with van der Waals surface area (Å²) in [5.74, 6) is 0.941. The number of benzene rings is 3. The van der Waals surface area contributed by atoms with Crippen LogP contribution in [0.25, 0.3) is 20.8 Å². The van der Waals surface area contributed by atoms with E-state index in [0.717, 1.165) is 32.1 Å². The molecule has 6 heteroatoms. The van der Waals surface area contributed by atoms with Gasteiger partial charge in [-0.05, 0) is 66.6 Å². The van der Waals surface area contributed by atoms with E-state index in [0.29, 0.717) is 18.5 Å². The minimum Gasteiger partial charge on any atom is -0.508 e. The van der Waals surface area contributed by atoms with Crippen molar-refractivity contribution in [3.05, 3.63) is 77.9 Å². The molecule has 0 aliphatic carbocycles. The van der Waals surface area contributed by atoms with Crippen LogP contribution in [0.15, 0.2) is 66.7 Å². The fourth-order valence-corrected chi connectivity index (χ4v) is 4.02. The van der Waals surface area contributed by atoms with E-state index in [9.17, 15) is 9.90 Å². The fraction of sp³-hybridized carbons (Fsp3) is 0.130. The van der Waals surface area contributed by atoms with Crippen molar-refractivity contribution in [1.82, 2.24) is 10.3 Å². The highest BCUT2D eigenvalue weighted by molar-refractivity contribution is 7.21. The number of ether oxygens (including phenoxy) is 1. The number of fused-ring (bicyclic) bond motifs is 1. The summed E-state index contributed by atoms with van der Waals surface area (Å²) in [6, 6.07) is 20.4. The highest BCUT2D eigenvalue weighted by atomic mass is 32.1. The van der Waals surface area contributed by atoms with Crippen LogP contribution in [0.5, 0.6) is 11.5 Å². The lowest BCUT2D eigenvalue weighted by Crippen LogP contribution is -2.25. The second-order valence-corrected chi connectivity index (χ2v) is 7.63. The maximum atomic E-state index is 12.5. The minimum absolute atomic E-state index is 0.106. The topological polar surface area (TPSA) is 71.5 Å². The van der Waals surface area contributed by atoms with Crippen molar-refractivity contribution >= 4 is 27.5 Å². The number of amides is 1. The molecule has 0 atom stereocenters. The Labute approximate surface area is 172 Å². The third-order valence-electron chi connectivity index (χ3n) is 4.62. The molecular weight excluding hydrogens is 384 g/mol. The summed E-state index contributed by atoms with van der Waals surface area (Å²) in [6.45, 7) is 0.529. The van der Waals surface area contributed by atoms with Gasteiger partial charge >= 0.3 is 0 Å². The summed E-state index contributed by atoms with van der Waals surface area (Å²) in [5.41, 5.74) is 3.58. The number of hydrogen-bond donors (Lipinski definition) is 2. The van der Waals surface area contributed by atoms with E-state index in [1.54, 1.807) is 36.6 Å². The molecule has 0 fully saturated rings. The van der Waals surface area contributed by atoms with Crippen LogP contribution >= 0.6 is 11.3 Å². The van der Waals surface area contributed by atoms with Crippen LogP contribution in [0.3, 0.4) is 0 Å². The first-order valence-corrected chi connectivity index (χ1v) is 10.0. The number of hydrogen-bond acceptors (Lipinski definition) is 5. The van der Waals surface area contributed by atoms with Crippen molar-refractivity contribution in [2.75, 3.05) is 13.7 Å². The van der Waals surface area contributed by atoms with Gasteiger partial charge in [-0.3, -0.25) is 4.79 Å². The molecule has 0 saturated carbocycles. The Bertz CT molecular complexity index is 1140. The maximum absolute atomic E-state index is 12.5. The smallest absolute Gasteiger partial charge is 0.251 e. The van der Waals surface area contributed by atoms with Gasteiger partial charge in [0.25, 0.3) is 5.91 Å². The average molecular weight is 404 g/mol. The van der Waals surface area contributed by atoms with E-state index in [1.165, 1.54) is 0 Å². The number of nitrogens with one attached hydrogen (secondary N) is 1. The predicted molar refractivity (Wildman–Crippen MR) is 116 cm³/mol. The Morgan fingerprint density at radius 3 is 2.55 bits per heavy atom. The largest absolute Gasteiger partial charge is 0.508 e. The molecule has 29 heavy (non-hydrogen) atoms. The van der Waals surface area contributed by atoms with Crippen LogP contribution in [-0.4, -0.2) is 29.7 Å². The first-order chi connectivity index (χ1) is 14.1. The fourth-order valence-electron chi connectivity index (χ4n) is 3.01. The van der Waals surface area contributed by atoms with E-state index in [2.05, 4.69) is 10.3 Å². The molecule has 1 heterocycles. The molecular formula is C23H20N2O3S. The molecule has 0 aliphatic rings. The molecule has 2 N–H and O–H groups in total. The Balaban J connectivity index is 1.44. The standard InChI is InChI=1S/C23H20N2O3S/c1-28-19-9-4-16(5-10-19)23-25-20-11-6-17(14-21(20)29-23)22(27)24-13-12-15-2-7-18(26)8-3-15/h2-11,14,26H,12-13H2,1H3,(H,24,27). The zero-order valence-corrected chi connectivity index (χ0v) is 16.7. The lowest BCUT2D eigenvalue weighted by molar-refractivity contribution is 0.0954. The van der Waals surface area contributed by atoms with Gasteiger partial charge in [0.15, 0.2) is 0 Å². The third-order valence-corrected chi connectivity index (χ3v) is 5.69. The van der Waals surface area contributed by atoms with Crippen LogP contribution in [0.1, 0.15) is 15.9 Å². The number of carbonyl (C=O) groups is 1. The summed E-state index contributed by atoms with van der Waals surface area (Å²) in [6.07, 6.45) is 0.705. The SMILES string of the molecule is COc1ccc(-c2nc3ccc(C(=O)NCCc4ccc(O)cc4)cc3s2)cc1. The lowest BCUT2D eigenvalue weighted by atomic mass is 10.1. The van der Waals surface area contributed by atoms with Crippen molar-refractivity contribution in [3.8, 4) is 22.1 Å². The molecule has 1 aromatic heterocycles. The molecule has 3 aromatic carbocycles. The summed E-state index contributed by atoms with van der Waals surface area (Å²) < 4.78 is 6.17. The van der Waals surface area contributed by atoms with E-state index in [-0.39, 0.29) is 11.7 Å². The van der Waals surface area contributed by atoms with Gasteiger partial charge in [-0.25, -0.2) is 4.98 Å². The summed E-state index contributed by atoms with van der Waals surface area (Å²) in [5, 5.41) is 13.2. The molecule has 146 valence electrons. The van der Waals surface area contributed by atoms with Gasteiger partial charge in [-0.15, -0.1) is 11.3 Å². The number of methoxy groups -OCH3 is 1. The average Bonchev–Trinajstić information content (AvgIpc) is 3.18. The Kier molecular flexibility index (Phi) is 5.44. The maximum Gasteiger partial charge on any atom is 0.251 e. The van der Waals surface area contributed by atoms with Crippen molar-refractivity contribution in [2.45, 2.75) is 6.42 Å². The van der Waals surface area contributed by atoms with Crippen LogP contribution in [0, 0.1) is 0 Å². The number of aromatic hydroxyl groups is 1. The van der Waals surface area contributed by atoms with Crippen LogP contribution in [0.2, 0.25) is 0 Å². The van der Waals surface area contributed by atoms with Crippen LogP contribution in [0.4, 0.5) is 0 Å². The van der Waals surface area contributed by atoms with Gasteiger partial charge in [-0.1, -0.05) is 12.1 Å². The number of thiazole rings is 1. The predicted octanol–water partition coefficient (Wildman–Crippen LogP) is 4.65. The van der Waals surface area contributed by atoms with Gasteiger partial charge < -0.3 is 15.2 Å². The Hall–Kier alpha value is -3.38. The van der Waals surface area contributed by atoms with E-state index in [1.807, 2.05) is 48.5 Å². The van der Waals surface area contributed by atoms with Crippen LogP contribution < -0.4 is 10.1 Å². The van der Waals surface area contributed by atoms with E-state index >= 15 is 0 Å². The Morgan fingerprint density at radius 2 is 1.83 bits per heavy atom. The van der Waals surface area contributed by atoms with Crippen molar-refractivity contribution in [3.63, 3.8) is 0 Å². The zero-order valence-electron chi connectivity index (χ0n) is 15.9. The molecule has 0 aliphatic heterocycles. The van der Waals surface area contributed by atoms with E-state index < -0.39 is 0 Å². The van der Waals surface area contributed by atoms with Crippen LogP contribution in [-0.2, 0) is 6.42 Å². The number of phenols is 1. The van der Waals surface area contributed by atoms with Gasteiger partial charge in [-0.2, -0.15) is 0 Å². The molecule has 0 spiro atoms. The highest BCUT2D eigenvalue weighted by Crippen LogP contribution is 2.31. The van der Waals surface area contributed by atoms with E-state index in [4.69, 9.17) is 4.74 Å². The quantitative estimate of drug-likeness (QED) is 0.491. The molecule has 4 aromatic rings. The minimum atomic E-state index is -0.106. The van der Waals surface area contributed by atoms with Gasteiger partial charge in [0.2, 0.25) is 0 Å². The summed E-state index contributed by atoms with van der Waals surface area (Å²) in [7, 11) is 1.64. The molecule has 0 radical (unpaired) electrons. The lowest BCUT2D eigenvalue weighted by Gasteiger charge is -2.05. The van der Waals surface area contributed by atoms with Gasteiger partial charge in [0, 0.05) is 17.7 Å². The molecule has 1 amide bonds. The molecule has 0 unspecified atom stereocenters. The number of phenolic OH excluding ortho intramolecular Hbond substituents is 1. The molecule has 0 saturated heterocycles. The van der Waals surface area contributed by atoms with Crippen molar-refractivity contribution in [2.24, 2.45) is 0 Å².